The summed E-state index contributed by atoms with van der Waals surface area (Å²) < 4.78 is 45.7. The Balaban J connectivity index is 1.39. The van der Waals surface area contributed by atoms with E-state index in [4.69, 9.17) is 14.2 Å². The minimum Gasteiger partial charge on any atom is -0.494 e. The van der Waals surface area contributed by atoms with Crippen molar-refractivity contribution < 1.29 is 32.9 Å². The lowest BCUT2D eigenvalue weighted by molar-refractivity contribution is -0.138. The number of β-amino-alcohol motifs (C(OH)–C–C–N with tert-alkyl or cyclic N) is 1. The zero-order valence-corrected chi connectivity index (χ0v) is 23.8. The van der Waals surface area contributed by atoms with Gasteiger partial charge >= 0.3 is 0 Å². The van der Waals surface area contributed by atoms with Crippen molar-refractivity contribution >= 4 is 5.91 Å². The highest BCUT2D eigenvalue weighted by molar-refractivity contribution is 5.77. The molecule has 1 aliphatic rings. The molecule has 1 unspecified atom stereocenters. The molecule has 1 amide bonds. The molecular formula is C30H38F2N4O5. The predicted octanol–water partition coefficient (Wildman–Crippen LogP) is 3.35. The second-order valence-electron chi connectivity index (χ2n) is 10.5. The average molecular weight is 573 g/mol. The first-order valence-corrected chi connectivity index (χ1v) is 13.7. The van der Waals surface area contributed by atoms with Gasteiger partial charge in [-0.1, -0.05) is 12.1 Å². The van der Waals surface area contributed by atoms with Gasteiger partial charge in [0.15, 0.2) is 11.6 Å². The molecule has 0 spiro atoms. The normalized spacial score (nSPS) is 17.9. The average Bonchev–Trinajstić information content (AvgIpc) is 3.15. The number of benzene rings is 2. The molecule has 0 aliphatic carbocycles. The summed E-state index contributed by atoms with van der Waals surface area (Å²) in [6.45, 7) is 6.61. The van der Waals surface area contributed by atoms with Crippen LogP contribution in [0.4, 0.5) is 8.78 Å². The molecule has 2 aromatic carbocycles. The number of ether oxygens (including phenoxy) is 3. The number of halogens is 2. The van der Waals surface area contributed by atoms with E-state index in [0.29, 0.717) is 26.2 Å². The molecule has 1 N–H and O–H groups in total. The molecule has 4 rings (SSSR count). The smallest absolute Gasteiger partial charge is 0.248 e. The van der Waals surface area contributed by atoms with Crippen molar-refractivity contribution in [2.45, 2.75) is 39.0 Å². The first-order valence-electron chi connectivity index (χ1n) is 13.7. The molecule has 1 aliphatic heterocycles. The largest absolute Gasteiger partial charge is 0.494 e. The standard InChI is InChI=1S/C30H38F2N4O5/c1-22-14-23(2)36(33-22)10-5-13-40-25-7-4-6-24(15-25)17-34-11-12-35(29(37)18-39-3)20-30(38,19-34)21-41-26-8-9-27(31)28(32)16-26/h4,6-9,14-16,38H,5,10-13,17-21H2,1-3H3. The van der Waals surface area contributed by atoms with Gasteiger partial charge in [-0.2, -0.15) is 5.10 Å². The van der Waals surface area contributed by atoms with E-state index in [2.05, 4.69) is 11.2 Å². The van der Waals surface area contributed by atoms with Gasteiger partial charge in [0.05, 0.1) is 18.8 Å². The van der Waals surface area contributed by atoms with Crippen LogP contribution in [0.1, 0.15) is 23.4 Å². The van der Waals surface area contributed by atoms with Crippen LogP contribution in [0.2, 0.25) is 0 Å². The maximum absolute atomic E-state index is 13.7. The van der Waals surface area contributed by atoms with E-state index in [1.165, 1.54) is 13.2 Å². The van der Waals surface area contributed by atoms with Gasteiger partial charge < -0.3 is 24.2 Å². The lowest BCUT2D eigenvalue weighted by Crippen LogP contribution is -2.52. The summed E-state index contributed by atoms with van der Waals surface area (Å²) in [5.74, 6) is -1.44. The molecule has 3 aromatic rings. The van der Waals surface area contributed by atoms with E-state index >= 15 is 0 Å². The van der Waals surface area contributed by atoms with Gasteiger partial charge in [-0.3, -0.25) is 14.4 Å². The molecule has 0 bridgehead atoms. The van der Waals surface area contributed by atoms with Crippen molar-refractivity contribution in [3.05, 3.63) is 77.1 Å². The Kier molecular flexibility index (Phi) is 10.3. The van der Waals surface area contributed by atoms with Crippen molar-refractivity contribution in [2.24, 2.45) is 0 Å². The molecule has 41 heavy (non-hydrogen) atoms. The summed E-state index contributed by atoms with van der Waals surface area (Å²) in [7, 11) is 1.44. The van der Waals surface area contributed by atoms with E-state index in [1.54, 1.807) is 4.90 Å². The van der Waals surface area contributed by atoms with Crippen molar-refractivity contribution in [3.8, 4) is 11.5 Å². The first-order chi connectivity index (χ1) is 19.6. The van der Waals surface area contributed by atoms with Gasteiger partial charge in [0, 0.05) is 58.0 Å². The molecule has 222 valence electrons. The zero-order valence-electron chi connectivity index (χ0n) is 23.8. The number of aromatic nitrogens is 2. The minimum atomic E-state index is -1.47. The van der Waals surface area contributed by atoms with Crippen molar-refractivity contribution in [2.75, 3.05) is 53.1 Å². The van der Waals surface area contributed by atoms with Gasteiger partial charge in [-0.15, -0.1) is 0 Å². The van der Waals surface area contributed by atoms with Crippen LogP contribution in [0.25, 0.3) is 0 Å². The molecule has 1 aromatic heterocycles. The van der Waals surface area contributed by atoms with Crippen molar-refractivity contribution in [1.82, 2.24) is 19.6 Å². The summed E-state index contributed by atoms with van der Waals surface area (Å²) in [5, 5.41) is 16.1. The second-order valence-corrected chi connectivity index (χ2v) is 10.5. The van der Waals surface area contributed by atoms with Crippen LogP contribution in [0.5, 0.6) is 11.5 Å². The summed E-state index contributed by atoms with van der Waals surface area (Å²) >= 11 is 0. The fourth-order valence-electron chi connectivity index (χ4n) is 4.98. The van der Waals surface area contributed by atoms with Crippen molar-refractivity contribution in [1.29, 1.82) is 0 Å². The number of hydrogen-bond acceptors (Lipinski definition) is 7. The zero-order chi connectivity index (χ0) is 29.4. The number of carbonyl (C=O) groups is 1. The molecule has 2 heterocycles. The number of amides is 1. The van der Waals surface area contributed by atoms with Gasteiger partial charge in [0.2, 0.25) is 5.91 Å². The predicted molar refractivity (Wildman–Crippen MR) is 149 cm³/mol. The Morgan fingerprint density at radius 3 is 2.56 bits per heavy atom. The van der Waals surface area contributed by atoms with Gasteiger partial charge in [-0.05, 0) is 49.7 Å². The topological polar surface area (TPSA) is 89.3 Å². The third kappa shape index (κ3) is 8.72. The lowest BCUT2D eigenvalue weighted by Gasteiger charge is -2.33. The Bertz CT molecular complexity index is 1320. The summed E-state index contributed by atoms with van der Waals surface area (Å²) in [6, 6.07) is 13.0. The van der Waals surface area contributed by atoms with Crippen LogP contribution >= 0.6 is 0 Å². The van der Waals surface area contributed by atoms with E-state index in [0.717, 1.165) is 47.8 Å². The van der Waals surface area contributed by atoms with E-state index in [9.17, 15) is 18.7 Å². The van der Waals surface area contributed by atoms with Crippen LogP contribution in [-0.2, 0) is 22.6 Å². The molecule has 0 saturated carbocycles. The number of aliphatic hydroxyl groups is 1. The Morgan fingerprint density at radius 2 is 1.83 bits per heavy atom. The third-order valence-electron chi connectivity index (χ3n) is 6.90. The maximum atomic E-state index is 13.7. The van der Waals surface area contributed by atoms with Crippen LogP contribution < -0.4 is 9.47 Å². The number of aryl methyl sites for hydroxylation is 3. The van der Waals surface area contributed by atoms with Crippen LogP contribution in [0, 0.1) is 25.5 Å². The van der Waals surface area contributed by atoms with Crippen LogP contribution in [-0.4, -0.2) is 89.3 Å². The molecule has 1 saturated heterocycles. The molecule has 9 nitrogen and oxygen atoms in total. The summed E-state index contributed by atoms with van der Waals surface area (Å²) in [4.78, 5) is 16.2. The summed E-state index contributed by atoms with van der Waals surface area (Å²) in [5.41, 5.74) is 1.64. The lowest BCUT2D eigenvalue weighted by atomic mass is 10.0. The van der Waals surface area contributed by atoms with Gasteiger partial charge in [-0.25, -0.2) is 8.78 Å². The third-order valence-corrected chi connectivity index (χ3v) is 6.90. The Hall–Kier alpha value is -3.54. The quantitative estimate of drug-likeness (QED) is 0.333. The fraction of sp³-hybridized carbons (Fsp3) is 0.467. The van der Waals surface area contributed by atoms with Gasteiger partial charge in [0.1, 0.15) is 30.3 Å². The van der Waals surface area contributed by atoms with Gasteiger partial charge in [0.25, 0.3) is 0 Å². The maximum Gasteiger partial charge on any atom is 0.248 e. The number of nitrogens with zero attached hydrogens (tertiary/aromatic N) is 4. The highest BCUT2D eigenvalue weighted by atomic mass is 19.2. The van der Waals surface area contributed by atoms with E-state index in [1.807, 2.05) is 47.7 Å². The molecule has 1 atom stereocenters. The monoisotopic (exact) mass is 572 g/mol. The SMILES string of the molecule is COCC(=O)N1CCN(Cc2cccc(OCCCn3nc(C)cc3C)c2)CC(O)(COc2ccc(F)c(F)c2)C1. The second kappa shape index (κ2) is 13.9. The highest BCUT2D eigenvalue weighted by Crippen LogP contribution is 2.22. The summed E-state index contributed by atoms with van der Waals surface area (Å²) in [6.07, 6.45) is 0.814. The Labute approximate surface area is 239 Å². The van der Waals surface area contributed by atoms with Crippen LogP contribution in [0.3, 0.4) is 0 Å². The highest BCUT2D eigenvalue weighted by Gasteiger charge is 2.37. The molecule has 1 fully saturated rings. The van der Waals surface area contributed by atoms with E-state index in [-0.39, 0.29) is 38.0 Å². The molecule has 0 radical (unpaired) electrons. The molecule has 11 heteroatoms. The van der Waals surface area contributed by atoms with Crippen LogP contribution in [0.15, 0.2) is 48.5 Å². The van der Waals surface area contributed by atoms with Crippen molar-refractivity contribution in [3.63, 3.8) is 0 Å². The van der Waals surface area contributed by atoms with E-state index < -0.39 is 17.2 Å². The number of carbonyl (C=O) groups excluding carboxylic acids is 1. The Morgan fingerprint density at radius 1 is 1.02 bits per heavy atom. The fourth-order valence-corrected chi connectivity index (χ4v) is 4.98. The minimum absolute atomic E-state index is 0.00771. The number of hydrogen-bond donors (Lipinski definition) is 1. The molecular weight excluding hydrogens is 534 g/mol. The number of rotatable bonds is 12. The number of methoxy groups -OCH3 is 1. The first kappa shape index (κ1) is 30.4.